The number of ether oxygens (including phenoxy) is 1. The van der Waals surface area contributed by atoms with Crippen molar-refractivity contribution in [3.8, 4) is 5.75 Å². The van der Waals surface area contributed by atoms with E-state index >= 15 is 0 Å². The lowest BCUT2D eigenvalue weighted by Crippen LogP contribution is -2.22. The van der Waals surface area contributed by atoms with E-state index in [1.165, 1.54) is 37.2 Å². The van der Waals surface area contributed by atoms with Crippen LogP contribution in [-0.2, 0) is 0 Å². The summed E-state index contributed by atoms with van der Waals surface area (Å²) in [6, 6.07) is 6.39. The van der Waals surface area contributed by atoms with Gasteiger partial charge in [-0.3, -0.25) is 0 Å². The minimum atomic E-state index is 0.854. The van der Waals surface area contributed by atoms with Gasteiger partial charge in [0.25, 0.3) is 0 Å². The normalized spacial score (nSPS) is 18.9. The predicted molar refractivity (Wildman–Crippen MR) is 76.6 cm³/mol. The third-order valence-electron chi connectivity index (χ3n) is 3.85. The summed E-state index contributed by atoms with van der Waals surface area (Å²) in [5, 5.41) is 3.42. The number of aryl methyl sites for hydroxylation is 1. The monoisotopic (exact) mass is 248 g/mol. The molecule has 0 aromatic heterocycles. The maximum absolute atomic E-state index is 5.29. The number of hydrogen-bond donors (Lipinski definition) is 1. The Kier molecular flexibility index (Phi) is 4.48. The van der Waals surface area contributed by atoms with Gasteiger partial charge in [0.1, 0.15) is 5.75 Å². The highest BCUT2D eigenvalue weighted by Gasteiger charge is 2.15. The minimum absolute atomic E-state index is 0.854. The van der Waals surface area contributed by atoms with Crippen molar-refractivity contribution < 1.29 is 4.74 Å². The van der Waals surface area contributed by atoms with Crippen LogP contribution in [0.15, 0.2) is 18.2 Å². The van der Waals surface area contributed by atoms with Crippen molar-refractivity contribution in [3.05, 3.63) is 23.8 Å². The van der Waals surface area contributed by atoms with Gasteiger partial charge in [0, 0.05) is 19.3 Å². The number of nitrogens with one attached hydrogen (secondary N) is 1. The van der Waals surface area contributed by atoms with Crippen LogP contribution >= 0.6 is 0 Å². The molecule has 0 bridgehead atoms. The Morgan fingerprint density at radius 1 is 1.44 bits per heavy atom. The highest BCUT2D eigenvalue weighted by atomic mass is 16.5. The Labute approximate surface area is 110 Å². The molecule has 0 aliphatic carbocycles. The summed E-state index contributed by atoms with van der Waals surface area (Å²) in [6.07, 6.45) is 2.60. The van der Waals surface area contributed by atoms with Gasteiger partial charge in [0.2, 0.25) is 0 Å². The van der Waals surface area contributed by atoms with Crippen LogP contribution in [0.1, 0.15) is 18.4 Å². The molecule has 1 heterocycles. The maximum Gasteiger partial charge on any atom is 0.121 e. The fraction of sp³-hybridized carbons (Fsp3) is 0.600. The Morgan fingerprint density at radius 2 is 2.28 bits per heavy atom. The third-order valence-corrected chi connectivity index (χ3v) is 3.85. The topological polar surface area (TPSA) is 24.5 Å². The molecule has 1 aromatic carbocycles. The van der Waals surface area contributed by atoms with Crippen molar-refractivity contribution in [1.82, 2.24) is 5.32 Å². The van der Waals surface area contributed by atoms with E-state index in [0.29, 0.717) is 0 Å². The molecule has 18 heavy (non-hydrogen) atoms. The van der Waals surface area contributed by atoms with Gasteiger partial charge in [-0.25, -0.2) is 0 Å². The second-order valence-electron chi connectivity index (χ2n) is 5.22. The SMILES string of the molecule is COc1ccc(N(C)CCC2CCNC2)cc1C. The zero-order valence-corrected chi connectivity index (χ0v) is 11.7. The van der Waals surface area contributed by atoms with Crippen molar-refractivity contribution in [3.63, 3.8) is 0 Å². The first kappa shape index (κ1) is 13.2. The van der Waals surface area contributed by atoms with Gasteiger partial charge in [-0.2, -0.15) is 0 Å². The third kappa shape index (κ3) is 3.16. The molecule has 3 nitrogen and oxygen atoms in total. The van der Waals surface area contributed by atoms with Crippen LogP contribution in [0, 0.1) is 12.8 Å². The van der Waals surface area contributed by atoms with Crippen LogP contribution in [0.4, 0.5) is 5.69 Å². The molecule has 0 saturated carbocycles. The Hall–Kier alpha value is -1.22. The quantitative estimate of drug-likeness (QED) is 0.866. The molecule has 1 N–H and O–H groups in total. The predicted octanol–water partition coefficient (Wildman–Crippen LogP) is 2.44. The summed E-state index contributed by atoms with van der Waals surface area (Å²) < 4.78 is 5.29. The van der Waals surface area contributed by atoms with Crippen molar-refractivity contribution >= 4 is 5.69 Å². The van der Waals surface area contributed by atoms with Crippen molar-refractivity contribution in [2.75, 3.05) is 38.7 Å². The first-order valence-corrected chi connectivity index (χ1v) is 6.77. The van der Waals surface area contributed by atoms with Crippen LogP contribution in [0.2, 0.25) is 0 Å². The summed E-state index contributed by atoms with van der Waals surface area (Å²) in [4.78, 5) is 2.34. The zero-order chi connectivity index (χ0) is 13.0. The number of anilines is 1. The van der Waals surface area contributed by atoms with E-state index in [4.69, 9.17) is 4.74 Å². The average molecular weight is 248 g/mol. The fourth-order valence-corrected chi connectivity index (χ4v) is 2.57. The van der Waals surface area contributed by atoms with Gasteiger partial charge in [-0.15, -0.1) is 0 Å². The molecular weight excluding hydrogens is 224 g/mol. The molecule has 1 aliphatic heterocycles. The lowest BCUT2D eigenvalue weighted by molar-refractivity contribution is 0.411. The Morgan fingerprint density at radius 3 is 2.89 bits per heavy atom. The van der Waals surface area contributed by atoms with Gasteiger partial charge in [0.15, 0.2) is 0 Å². The number of nitrogens with zero attached hydrogens (tertiary/aromatic N) is 1. The van der Waals surface area contributed by atoms with E-state index in [0.717, 1.165) is 18.2 Å². The van der Waals surface area contributed by atoms with E-state index in [-0.39, 0.29) is 0 Å². The molecule has 1 atom stereocenters. The highest BCUT2D eigenvalue weighted by Crippen LogP contribution is 2.24. The first-order chi connectivity index (χ1) is 8.70. The number of rotatable bonds is 5. The van der Waals surface area contributed by atoms with Gasteiger partial charge in [0.05, 0.1) is 7.11 Å². The number of benzene rings is 1. The van der Waals surface area contributed by atoms with Crippen molar-refractivity contribution in [2.24, 2.45) is 5.92 Å². The molecule has 0 amide bonds. The molecule has 0 radical (unpaired) electrons. The zero-order valence-electron chi connectivity index (χ0n) is 11.7. The molecule has 1 aliphatic rings. The molecular formula is C15H24N2O. The van der Waals surface area contributed by atoms with Crippen LogP contribution in [0.3, 0.4) is 0 Å². The molecule has 1 unspecified atom stereocenters. The summed E-state index contributed by atoms with van der Waals surface area (Å²) in [5.41, 5.74) is 2.48. The smallest absolute Gasteiger partial charge is 0.121 e. The lowest BCUT2D eigenvalue weighted by atomic mass is 10.0. The minimum Gasteiger partial charge on any atom is -0.496 e. The van der Waals surface area contributed by atoms with E-state index in [2.05, 4.69) is 42.4 Å². The summed E-state index contributed by atoms with van der Waals surface area (Å²) in [7, 11) is 3.89. The van der Waals surface area contributed by atoms with Gasteiger partial charge in [-0.05, 0) is 62.5 Å². The van der Waals surface area contributed by atoms with E-state index in [1.807, 2.05) is 0 Å². The van der Waals surface area contributed by atoms with E-state index < -0.39 is 0 Å². The van der Waals surface area contributed by atoms with Crippen molar-refractivity contribution in [2.45, 2.75) is 19.8 Å². The Bertz CT molecular complexity index is 386. The maximum atomic E-state index is 5.29. The molecule has 0 spiro atoms. The van der Waals surface area contributed by atoms with E-state index in [1.54, 1.807) is 7.11 Å². The first-order valence-electron chi connectivity index (χ1n) is 6.77. The molecule has 1 saturated heterocycles. The molecule has 1 aromatic rings. The molecule has 100 valence electrons. The Balaban J connectivity index is 1.91. The van der Waals surface area contributed by atoms with Crippen LogP contribution in [0.25, 0.3) is 0 Å². The van der Waals surface area contributed by atoms with Gasteiger partial charge < -0.3 is 15.0 Å². The highest BCUT2D eigenvalue weighted by molar-refractivity contribution is 5.52. The number of hydrogen-bond acceptors (Lipinski definition) is 3. The summed E-state index contributed by atoms with van der Waals surface area (Å²) >= 11 is 0. The molecule has 3 heteroatoms. The van der Waals surface area contributed by atoms with Crippen LogP contribution in [-0.4, -0.2) is 33.8 Å². The number of methoxy groups -OCH3 is 1. The largest absolute Gasteiger partial charge is 0.496 e. The molecule has 2 rings (SSSR count). The van der Waals surface area contributed by atoms with Gasteiger partial charge in [-0.1, -0.05) is 0 Å². The van der Waals surface area contributed by atoms with Crippen LogP contribution in [0.5, 0.6) is 5.75 Å². The summed E-state index contributed by atoms with van der Waals surface area (Å²) in [6.45, 7) is 5.60. The lowest BCUT2D eigenvalue weighted by Gasteiger charge is -2.22. The van der Waals surface area contributed by atoms with E-state index in [9.17, 15) is 0 Å². The second kappa shape index (κ2) is 6.10. The van der Waals surface area contributed by atoms with Crippen LogP contribution < -0.4 is 15.0 Å². The standard InChI is InChI=1S/C15H24N2O/c1-12-10-14(4-5-15(12)18-3)17(2)9-7-13-6-8-16-11-13/h4-5,10,13,16H,6-9,11H2,1-3H3. The summed E-state index contributed by atoms with van der Waals surface area (Å²) in [5.74, 6) is 1.82. The fourth-order valence-electron chi connectivity index (χ4n) is 2.57. The van der Waals surface area contributed by atoms with Crippen molar-refractivity contribution in [1.29, 1.82) is 0 Å². The molecule has 1 fully saturated rings. The van der Waals surface area contributed by atoms with Gasteiger partial charge >= 0.3 is 0 Å². The average Bonchev–Trinajstić information content (AvgIpc) is 2.89. The second-order valence-corrected chi connectivity index (χ2v) is 5.22.